The Labute approximate surface area is 146 Å². The molecule has 3 N–H and O–H groups in total. The largest absolute Gasteiger partial charge is 0.398 e. The molecule has 2 aromatic carbocycles. The van der Waals surface area contributed by atoms with E-state index in [-0.39, 0.29) is 11.3 Å². The van der Waals surface area contributed by atoms with Gasteiger partial charge in [0.15, 0.2) is 0 Å². The van der Waals surface area contributed by atoms with Gasteiger partial charge in [-0.2, -0.15) is 0 Å². The molecule has 0 aliphatic carbocycles. The van der Waals surface area contributed by atoms with E-state index in [0.29, 0.717) is 10.6 Å². The predicted octanol–water partition coefficient (Wildman–Crippen LogP) is 5.34. The third kappa shape index (κ3) is 3.15. The van der Waals surface area contributed by atoms with Crippen LogP contribution in [0, 0.1) is 6.92 Å². The quantitative estimate of drug-likeness (QED) is 0.620. The molecular weight excluding hydrogens is 316 g/mol. The predicted molar refractivity (Wildman–Crippen MR) is 104 cm³/mol. The Hall–Kier alpha value is -2.33. The van der Waals surface area contributed by atoms with Crippen molar-refractivity contribution in [1.29, 1.82) is 0 Å². The third-order valence-corrected chi connectivity index (χ3v) is 5.35. The Morgan fingerprint density at radius 3 is 2.54 bits per heavy atom. The van der Waals surface area contributed by atoms with E-state index in [9.17, 15) is 4.79 Å². The van der Waals surface area contributed by atoms with Gasteiger partial charge in [-0.3, -0.25) is 4.79 Å². The smallest absolute Gasteiger partial charge is 0.265 e. The van der Waals surface area contributed by atoms with Crippen molar-refractivity contribution in [3.63, 3.8) is 0 Å². The number of rotatable bonds is 2. The summed E-state index contributed by atoms with van der Waals surface area (Å²) in [6.45, 7) is 8.50. The number of nitrogen functional groups attached to an aromatic ring is 1. The lowest BCUT2D eigenvalue weighted by Gasteiger charge is -2.21. The van der Waals surface area contributed by atoms with Crippen molar-refractivity contribution in [3.8, 4) is 0 Å². The molecule has 0 unspecified atom stereocenters. The highest BCUT2D eigenvalue weighted by molar-refractivity contribution is 7.21. The molecule has 1 heterocycles. The Balaban J connectivity index is 1.92. The van der Waals surface area contributed by atoms with Crippen LogP contribution < -0.4 is 11.1 Å². The number of thiophene rings is 1. The molecule has 1 amide bonds. The van der Waals surface area contributed by atoms with Crippen LogP contribution in [0.4, 0.5) is 11.4 Å². The van der Waals surface area contributed by atoms with E-state index in [1.165, 1.54) is 16.9 Å². The van der Waals surface area contributed by atoms with Gasteiger partial charge in [0, 0.05) is 11.4 Å². The first-order valence-electron chi connectivity index (χ1n) is 7.96. The van der Waals surface area contributed by atoms with Gasteiger partial charge >= 0.3 is 0 Å². The van der Waals surface area contributed by atoms with Crippen molar-refractivity contribution >= 4 is 38.7 Å². The first-order valence-corrected chi connectivity index (χ1v) is 8.78. The van der Waals surface area contributed by atoms with Gasteiger partial charge in [0.25, 0.3) is 5.91 Å². The van der Waals surface area contributed by atoms with Gasteiger partial charge in [0.1, 0.15) is 0 Å². The molecule has 0 aliphatic rings. The summed E-state index contributed by atoms with van der Waals surface area (Å²) >= 11 is 1.43. The molecule has 0 saturated carbocycles. The van der Waals surface area contributed by atoms with Crippen molar-refractivity contribution in [2.45, 2.75) is 33.1 Å². The van der Waals surface area contributed by atoms with Crippen LogP contribution in [-0.2, 0) is 5.41 Å². The lowest BCUT2D eigenvalue weighted by atomic mass is 9.86. The molecular formula is C20H22N2OS. The number of carbonyl (C=O) groups is 1. The first kappa shape index (κ1) is 16.5. The normalized spacial score (nSPS) is 11.7. The Bertz CT molecular complexity index is 919. The number of carbonyl (C=O) groups excluding carboxylic acids is 1. The minimum atomic E-state index is -0.0928. The van der Waals surface area contributed by atoms with E-state index in [0.717, 1.165) is 21.3 Å². The fourth-order valence-corrected chi connectivity index (χ4v) is 3.58. The lowest BCUT2D eigenvalue weighted by molar-refractivity contribution is 0.103. The SMILES string of the molecule is Cc1ccc(C(C)(C)C)cc1NC(=O)c1cc2cccc(N)c2s1. The molecule has 0 spiro atoms. The highest BCUT2D eigenvalue weighted by atomic mass is 32.1. The summed E-state index contributed by atoms with van der Waals surface area (Å²) in [5, 5.41) is 4.05. The van der Waals surface area contributed by atoms with E-state index in [1.54, 1.807) is 0 Å². The molecule has 0 saturated heterocycles. The van der Waals surface area contributed by atoms with E-state index in [1.807, 2.05) is 31.2 Å². The number of anilines is 2. The van der Waals surface area contributed by atoms with E-state index >= 15 is 0 Å². The summed E-state index contributed by atoms with van der Waals surface area (Å²) in [4.78, 5) is 13.3. The van der Waals surface area contributed by atoms with Gasteiger partial charge in [0.2, 0.25) is 0 Å². The molecule has 3 nitrogen and oxygen atoms in total. The highest BCUT2D eigenvalue weighted by Crippen LogP contribution is 2.32. The molecule has 1 aromatic heterocycles. The van der Waals surface area contributed by atoms with Gasteiger partial charge in [-0.1, -0.05) is 45.0 Å². The fourth-order valence-electron chi connectivity index (χ4n) is 2.60. The maximum atomic E-state index is 12.7. The van der Waals surface area contributed by atoms with Crippen LogP contribution in [-0.4, -0.2) is 5.91 Å². The van der Waals surface area contributed by atoms with Crippen molar-refractivity contribution < 1.29 is 4.79 Å². The van der Waals surface area contributed by atoms with Crippen LogP contribution >= 0.6 is 11.3 Å². The number of amides is 1. The molecule has 124 valence electrons. The minimum absolute atomic E-state index is 0.0409. The molecule has 4 heteroatoms. The molecule has 0 fully saturated rings. The minimum Gasteiger partial charge on any atom is -0.398 e. The Morgan fingerprint density at radius 2 is 1.88 bits per heavy atom. The van der Waals surface area contributed by atoms with Crippen LogP contribution in [0.25, 0.3) is 10.1 Å². The number of fused-ring (bicyclic) bond motifs is 1. The van der Waals surface area contributed by atoms with Crippen LogP contribution in [0.2, 0.25) is 0 Å². The van der Waals surface area contributed by atoms with E-state index < -0.39 is 0 Å². The molecule has 3 aromatic rings. The summed E-state index contributed by atoms with van der Waals surface area (Å²) in [5.41, 5.74) is 9.85. The van der Waals surface area contributed by atoms with Crippen LogP contribution in [0.1, 0.15) is 41.6 Å². The fraction of sp³-hybridized carbons (Fsp3) is 0.250. The molecule has 0 aliphatic heterocycles. The zero-order valence-corrected chi connectivity index (χ0v) is 15.3. The third-order valence-electron chi connectivity index (χ3n) is 4.15. The average molecular weight is 338 g/mol. The van der Waals surface area contributed by atoms with E-state index in [4.69, 9.17) is 5.73 Å². The monoisotopic (exact) mass is 338 g/mol. The molecule has 3 rings (SSSR count). The topological polar surface area (TPSA) is 55.1 Å². The second-order valence-electron chi connectivity index (χ2n) is 7.11. The number of hydrogen-bond donors (Lipinski definition) is 2. The zero-order chi connectivity index (χ0) is 17.5. The Kier molecular flexibility index (Phi) is 4.10. The molecule has 24 heavy (non-hydrogen) atoms. The second kappa shape index (κ2) is 5.95. The number of nitrogens with one attached hydrogen (secondary N) is 1. The first-order chi connectivity index (χ1) is 11.3. The number of hydrogen-bond acceptors (Lipinski definition) is 3. The number of aryl methyl sites for hydroxylation is 1. The summed E-state index contributed by atoms with van der Waals surface area (Å²) in [7, 11) is 0. The maximum absolute atomic E-state index is 12.7. The standard InChI is InChI=1S/C20H22N2OS/c1-12-8-9-14(20(2,3)4)11-16(12)22-19(23)17-10-13-6-5-7-15(21)18(13)24-17/h5-11H,21H2,1-4H3,(H,22,23). The zero-order valence-electron chi connectivity index (χ0n) is 14.4. The summed E-state index contributed by atoms with van der Waals surface area (Å²) < 4.78 is 0.961. The van der Waals surface area contributed by atoms with Gasteiger partial charge < -0.3 is 11.1 Å². The van der Waals surface area contributed by atoms with Crippen molar-refractivity contribution in [1.82, 2.24) is 0 Å². The molecule has 0 radical (unpaired) electrons. The maximum Gasteiger partial charge on any atom is 0.265 e. The summed E-state index contributed by atoms with van der Waals surface area (Å²) in [6, 6.07) is 13.9. The van der Waals surface area contributed by atoms with Crippen LogP contribution in [0.5, 0.6) is 0 Å². The summed E-state index contributed by atoms with van der Waals surface area (Å²) in [5.74, 6) is -0.0928. The van der Waals surface area contributed by atoms with Crippen LogP contribution in [0.3, 0.4) is 0 Å². The van der Waals surface area contributed by atoms with Gasteiger partial charge in [-0.25, -0.2) is 0 Å². The lowest BCUT2D eigenvalue weighted by Crippen LogP contribution is -2.15. The highest BCUT2D eigenvalue weighted by Gasteiger charge is 2.17. The van der Waals surface area contributed by atoms with Crippen molar-refractivity contribution in [2.75, 3.05) is 11.1 Å². The van der Waals surface area contributed by atoms with Gasteiger partial charge in [-0.15, -0.1) is 11.3 Å². The number of benzene rings is 2. The van der Waals surface area contributed by atoms with Gasteiger partial charge in [0.05, 0.1) is 9.58 Å². The second-order valence-corrected chi connectivity index (χ2v) is 8.16. The molecule has 0 bridgehead atoms. The molecule has 0 atom stereocenters. The summed E-state index contributed by atoms with van der Waals surface area (Å²) in [6.07, 6.45) is 0. The van der Waals surface area contributed by atoms with Crippen molar-refractivity contribution in [3.05, 3.63) is 58.5 Å². The Morgan fingerprint density at radius 1 is 1.12 bits per heavy atom. The van der Waals surface area contributed by atoms with Crippen molar-refractivity contribution in [2.24, 2.45) is 0 Å². The van der Waals surface area contributed by atoms with E-state index in [2.05, 4.69) is 44.3 Å². The van der Waals surface area contributed by atoms with Crippen LogP contribution in [0.15, 0.2) is 42.5 Å². The van der Waals surface area contributed by atoms with Gasteiger partial charge in [-0.05, 0) is 47.1 Å². The number of nitrogens with two attached hydrogens (primary N) is 1. The average Bonchev–Trinajstić information content (AvgIpc) is 2.94.